The summed E-state index contributed by atoms with van der Waals surface area (Å²) in [4.78, 5) is 20.5. The quantitative estimate of drug-likeness (QED) is 0.459. The second kappa shape index (κ2) is 9.88. The van der Waals surface area contributed by atoms with Crippen LogP contribution in [0.15, 0.2) is 53.6 Å². The first kappa shape index (κ1) is 21.2. The standard InChI is InChI=1S/C22H21Cl2N3O2S/c23-16-7-3-14(4-8-16)20-22(27-21(26-20)15-5-9-17(24)10-6-15)30-13-19(28)25-12-18-2-1-11-29-18/h3-10,18H,1-2,11-13H2,(H,25,28)(H,26,27)/t18-/m1/s1. The molecule has 156 valence electrons. The Morgan fingerprint density at radius 2 is 1.77 bits per heavy atom. The summed E-state index contributed by atoms with van der Waals surface area (Å²) in [5, 5.41) is 5.04. The molecule has 1 aliphatic heterocycles. The Bertz CT molecular complexity index is 1000. The van der Waals surface area contributed by atoms with Crippen molar-refractivity contribution >= 4 is 40.9 Å². The number of amides is 1. The fraction of sp³-hybridized carbons (Fsp3) is 0.273. The van der Waals surface area contributed by atoms with Gasteiger partial charge in [-0.3, -0.25) is 4.79 Å². The molecule has 0 spiro atoms. The van der Waals surface area contributed by atoms with E-state index in [1.807, 2.05) is 48.5 Å². The number of imidazole rings is 1. The van der Waals surface area contributed by atoms with Gasteiger partial charge in [-0.05, 0) is 49.2 Å². The zero-order valence-corrected chi connectivity index (χ0v) is 18.5. The van der Waals surface area contributed by atoms with Gasteiger partial charge in [-0.25, -0.2) is 4.98 Å². The number of H-pyrrole nitrogens is 1. The molecule has 1 aliphatic rings. The van der Waals surface area contributed by atoms with Crippen LogP contribution in [0.2, 0.25) is 10.0 Å². The van der Waals surface area contributed by atoms with E-state index in [9.17, 15) is 4.79 Å². The Morgan fingerprint density at radius 1 is 1.10 bits per heavy atom. The van der Waals surface area contributed by atoms with Crippen molar-refractivity contribution in [1.29, 1.82) is 0 Å². The molecule has 2 heterocycles. The largest absolute Gasteiger partial charge is 0.376 e. The molecular formula is C22H21Cl2N3O2S. The maximum absolute atomic E-state index is 12.3. The summed E-state index contributed by atoms with van der Waals surface area (Å²) >= 11 is 13.4. The summed E-state index contributed by atoms with van der Waals surface area (Å²) in [5.74, 6) is 0.963. The van der Waals surface area contributed by atoms with Crippen molar-refractivity contribution in [1.82, 2.24) is 15.3 Å². The third-order valence-electron chi connectivity index (χ3n) is 4.81. The van der Waals surface area contributed by atoms with Crippen LogP contribution < -0.4 is 5.32 Å². The van der Waals surface area contributed by atoms with E-state index in [-0.39, 0.29) is 17.8 Å². The van der Waals surface area contributed by atoms with Crippen LogP contribution in [0, 0.1) is 0 Å². The number of benzene rings is 2. The predicted octanol–water partition coefficient (Wildman–Crippen LogP) is 5.44. The molecule has 1 fully saturated rings. The van der Waals surface area contributed by atoms with E-state index in [1.165, 1.54) is 11.8 Å². The van der Waals surface area contributed by atoms with Gasteiger partial charge in [-0.15, -0.1) is 0 Å². The topological polar surface area (TPSA) is 67.0 Å². The molecule has 4 rings (SSSR count). The van der Waals surface area contributed by atoms with Crippen molar-refractivity contribution in [2.24, 2.45) is 0 Å². The lowest BCUT2D eigenvalue weighted by molar-refractivity contribution is -0.119. The molecule has 3 aromatic rings. The van der Waals surface area contributed by atoms with Crippen LogP contribution in [-0.4, -0.2) is 40.9 Å². The van der Waals surface area contributed by atoms with Gasteiger partial charge >= 0.3 is 0 Å². The molecule has 30 heavy (non-hydrogen) atoms. The van der Waals surface area contributed by atoms with Crippen molar-refractivity contribution in [2.75, 3.05) is 18.9 Å². The number of aromatic nitrogens is 2. The van der Waals surface area contributed by atoms with Crippen LogP contribution in [0.25, 0.3) is 22.6 Å². The second-order valence-electron chi connectivity index (χ2n) is 7.01. The highest BCUT2D eigenvalue weighted by molar-refractivity contribution is 8.00. The van der Waals surface area contributed by atoms with Crippen LogP contribution in [0.4, 0.5) is 0 Å². The number of rotatable bonds is 7. The van der Waals surface area contributed by atoms with E-state index < -0.39 is 0 Å². The van der Waals surface area contributed by atoms with Gasteiger partial charge < -0.3 is 15.0 Å². The van der Waals surface area contributed by atoms with Gasteiger partial charge in [-0.2, -0.15) is 0 Å². The summed E-state index contributed by atoms with van der Waals surface area (Å²) in [6, 6.07) is 15.0. The minimum Gasteiger partial charge on any atom is -0.376 e. The number of thioether (sulfide) groups is 1. The first-order valence-electron chi connectivity index (χ1n) is 9.71. The summed E-state index contributed by atoms with van der Waals surface area (Å²) in [7, 11) is 0. The van der Waals surface area contributed by atoms with E-state index >= 15 is 0 Å². The Labute approximate surface area is 189 Å². The molecule has 0 unspecified atom stereocenters. The summed E-state index contributed by atoms with van der Waals surface area (Å²) < 4.78 is 5.55. The molecule has 0 aliphatic carbocycles. The fourth-order valence-electron chi connectivity index (χ4n) is 3.24. The molecule has 0 radical (unpaired) electrons. The van der Waals surface area contributed by atoms with Gasteiger partial charge in [0.1, 0.15) is 10.9 Å². The van der Waals surface area contributed by atoms with Crippen molar-refractivity contribution in [3.05, 3.63) is 58.6 Å². The number of carbonyl (C=O) groups is 1. The minimum atomic E-state index is -0.0337. The van der Waals surface area contributed by atoms with Crippen molar-refractivity contribution < 1.29 is 9.53 Å². The third kappa shape index (κ3) is 5.38. The van der Waals surface area contributed by atoms with E-state index in [0.717, 1.165) is 47.1 Å². The smallest absolute Gasteiger partial charge is 0.230 e. The fourth-order valence-corrected chi connectivity index (χ4v) is 4.33. The monoisotopic (exact) mass is 461 g/mol. The lowest BCUT2D eigenvalue weighted by Gasteiger charge is -2.10. The molecule has 5 nitrogen and oxygen atoms in total. The SMILES string of the molecule is O=C(CSc1nc(-c2ccc(Cl)cc2)[nH]c1-c1ccc(Cl)cc1)NC[C@H]1CCCO1. The normalized spacial score (nSPS) is 16.0. The van der Waals surface area contributed by atoms with Crippen LogP contribution >= 0.6 is 35.0 Å². The van der Waals surface area contributed by atoms with E-state index in [1.54, 1.807) is 0 Å². The molecule has 1 atom stereocenters. The third-order valence-corrected chi connectivity index (χ3v) is 6.29. The number of ether oxygens (including phenoxy) is 1. The highest BCUT2D eigenvalue weighted by Gasteiger charge is 2.18. The summed E-state index contributed by atoms with van der Waals surface area (Å²) in [6.07, 6.45) is 2.18. The maximum Gasteiger partial charge on any atom is 0.230 e. The van der Waals surface area contributed by atoms with Crippen molar-refractivity contribution in [3.63, 3.8) is 0 Å². The van der Waals surface area contributed by atoms with Gasteiger partial charge in [0.05, 0.1) is 17.6 Å². The number of aromatic amines is 1. The van der Waals surface area contributed by atoms with Crippen LogP contribution in [-0.2, 0) is 9.53 Å². The van der Waals surface area contributed by atoms with Crippen LogP contribution in [0.3, 0.4) is 0 Å². The number of halogens is 2. The van der Waals surface area contributed by atoms with Gasteiger partial charge in [0.15, 0.2) is 0 Å². The first-order valence-corrected chi connectivity index (χ1v) is 11.5. The van der Waals surface area contributed by atoms with Crippen molar-refractivity contribution in [2.45, 2.75) is 24.0 Å². The highest BCUT2D eigenvalue weighted by Crippen LogP contribution is 2.33. The molecule has 1 saturated heterocycles. The van der Waals surface area contributed by atoms with Crippen molar-refractivity contribution in [3.8, 4) is 22.6 Å². The molecule has 0 saturated carbocycles. The number of nitrogens with one attached hydrogen (secondary N) is 2. The molecule has 1 aromatic heterocycles. The van der Waals surface area contributed by atoms with E-state index in [4.69, 9.17) is 32.9 Å². The lowest BCUT2D eigenvalue weighted by atomic mass is 10.2. The number of hydrogen-bond acceptors (Lipinski definition) is 4. The highest BCUT2D eigenvalue weighted by atomic mass is 35.5. The van der Waals surface area contributed by atoms with Crippen LogP contribution in [0.1, 0.15) is 12.8 Å². The zero-order chi connectivity index (χ0) is 20.9. The second-order valence-corrected chi connectivity index (χ2v) is 8.84. The molecule has 8 heteroatoms. The molecule has 0 bridgehead atoms. The number of carbonyl (C=O) groups excluding carboxylic acids is 1. The van der Waals surface area contributed by atoms with Gasteiger partial charge in [0.25, 0.3) is 0 Å². The number of hydrogen-bond donors (Lipinski definition) is 2. The van der Waals surface area contributed by atoms with E-state index in [2.05, 4.69) is 10.3 Å². The average Bonchev–Trinajstić information content (AvgIpc) is 3.42. The Kier molecular flexibility index (Phi) is 7.00. The maximum atomic E-state index is 12.3. The van der Waals surface area contributed by atoms with Crippen LogP contribution in [0.5, 0.6) is 0 Å². The zero-order valence-electron chi connectivity index (χ0n) is 16.2. The van der Waals surface area contributed by atoms with E-state index in [0.29, 0.717) is 16.6 Å². The summed E-state index contributed by atoms with van der Waals surface area (Å²) in [5.41, 5.74) is 2.73. The predicted molar refractivity (Wildman–Crippen MR) is 122 cm³/mol. The average molecular weight is 462 g/mol. The van der Waals surface area contributed by atoms with Gasteiger partial charge in [0.2, 0.25) is 5.91 Å². The Balaban J connectivity index is 1.51. The minimum absolute atomic E-state index is 0.0337. The molecule has 1 amide bonds. The molecular weight excluding hydrogens is 441 g/mol. The molecule has 2 N–H and O–H groups in total. The number of nitrogens with zero attached hydrogens (tertiary/aromatic N) is 1. The first-order chi connectivity index (χ1) is 14.6. The molecule has 2 aromatic carbocycles. The Morgan fingerprint density at radius 3 is 2.40 bits per heavy atom. The van der Waals surface area contributed by atoms with Gasteiger partial charge in [0, 0.05) is 34.3 Å². The lowest BCUT2D eigenvalue weighted by Crippen LogP contribution is -2.32. The van der Waals surface area contributed by atoms with Gasteiger partial charge in [-0.1, -0.05) is 47.1 Å². The summed E-state index contributed by atoms with van der Waals surface area (Å²) in [6.45, 7) is 1.33. The Hall–Kier alpha value is -1.99.